The number of carbonyl (C=O) groups is 1. The summed E-state index contributed by atoms with van der Waals surface area (Å²) in [5.74, 6) is 0.984. The highest BCUT2D eigenvalue weighted by molar-refractivity contribution is 5.77. The van der Waals surface area contributed by atoms with Crippen LogP contribution >= 0.6 is 0 Å². The van der Waals surface area contributed by atoms with Gasteiger partial charge in [0.05, 0.1) is 20.2 Å². The van der Waals surface area contributed by atoms with Gasteiger partial charge in [0.15, 0.2) is 6.54 Å². The molecule has 4 nitrogen and oxygen atoms in total. The molecule has 0 saturated carbocycles. The number of methoxy groups -OCH3 is 1. The third-order valence-corrected chi connectivity index (χ3v) is 4.85. The van der Waals surface area contributed by atoms with E-state index in [9.17, 15) is 4.79 Å². The quantitative estimate of drug-likeness (QED) is 0.844. The number of rotatable bonds is 6. The second-order valence-corrected chi connectivity index (χ2v) is 6.83. The number of amides is 1. The Kier molecular flexibility index (Phi) is 5.71. The predicted molar refractivity (Wildman–Crippen MR) is 98.7 cm³/mol. The van der Waals surface area contributed by atoms with Gasteiger partial charge in [0.2, 0.25) is 0 Å². The van der Waals surface area contributed by atoms with Crippen LogP contribution in [0.3, 0.4) is 0 Å². The monoisotopic (exact) mass is 339 g/mol. The number of para-hydroxylation sites is 1. The zero-order chi connectivity index (χ0) is 17.6. The highest BCUT2D eigenvalue weighted by atomic mass is 16.5. The van der Waals surface area contributed by atoms with Crippen molar-refractivity contribution in [1.82, 2.24) is 5.32 Å². The van der Waals surface area contributed by atoms with Crippen molar-refractivity contribution in [2.24, 2.45) is 0 Å². The molecule has 1 aliphatic rings. The average molecular weight is 339 g/mol. The van der Waals surface area contributed by atoms with Crippen LogP contribution in [-0.2, 0) is 17.8 Å². The van der Waals surface area contributed by atoms with Crippen molar-refractivity contribution in [3.05, 3.63) is 65.2 Å². The van der Waals surface area contributed by atoms with Crippen LogP contribution in [0.4, 0.5) is 0 Å². The Morgan fingerprint density at radius 2 is 1.96 bits per heavy atom. The summed E-state index contributed by atoms with van der Waals surface area (Å²) in [4.78, 5) is 13.7. The van der Waals surface area contributed by atoms with Gasteiger partial charge in [0.25, 0.3) is 5.91 Å². The van der Waals surface area contributed by atoms with E-state index in [0.29, 0.717) is 6.54 Å². The Balaban J connectivity index is 1.58. The molecule has 2 N–H and O–H groups in total. The van der Waals surface area contributed by atoms with Gasteiger partial charge in [-0.2, -0.15) is 0 Å². The number of fused-ring (bicyclic) bond motifs is 1. The maximum absolute atomic E-state index is 12.5. The molecule has 0 saturated heterocycles. The fraction of sp³-hybridized carbons (Fsp3) is 0.381. The van der Waals surface area contributed by atoms with Gasteiger partial charge in [0.1, 0.15) is 12.3 Å². The summed E-state index contributed by atoms with van der Waals surface area (Å²) in [5.41, 5.74) is 3.77. The lowest BCUT2D eigenvalue weighted by molar-refractivity contribution is -0.885. The van der Waals surface area contributed by atoms with Crippen LogP contribution < -0.4 is 15.0 Å². The lowest BCUT2D eigenvalue weighted by atomic mass is 9.88. The van der Waals surface area contributed by atoms with Crippen molar-refractivity contribution in [2.45, 2.75) is 31.8 Å². The second-order valence-electron chi connectivity index (χ2n) is 6.83. The third kappa shape index (κ3) is 4.40. The van der Waals surface area contributed by atoms with Crippen LogP contribution in [0.15, 0.2) is 48.5 Å². The number of hydrogen-bond donors (Lipinski definition) is 2. The van der Waals surface area contributed by atoms with E-state index in [1.165, 1.54) is 11.1 Å². The Labute approximate surface area is 149 Å². The molecule has 1 unspecified atom stereocenters. The molecule has 0 heterocycles. The predicted octanol–water partition coefficient (Wildman–Crippen LogP) is 1.90. The molecule has 0 spiro atoms. The molecule has 132 valence electrons. The SMILES string of the molecule is COc1ccccc1C[NH+](C)CC(=O)N[C@@H]1CCCc2ccccc21. The molecule has 0 bridgehead atoms. The largest absolute Gasteiger partial charge is 0.496 e. The van der Waals surface area contributed by atoms with Gasteiger partial charge in [-0.3, -0.25) is 4.79 Å². The Bertz CT molecular complexity index is 729. The first kappa shape index (κ1) is 17.5. The molecule has 0 radical (unpaired) electrons. The van der Waals surface area contributed by atoms with E-state index in [1.807, 2.05) is 25.2 Å². The molecule has 2 atom stereocenters. The van der Waals surface area contributed by atoms with E-state index in [2.05, 4.69) is 35.6 Å². The Morgan fingerprint density at radius 3 is 2.80 bits per heavy atom. The van der Waals surface area contributed by atoms with Gasteiger partial charge in [0, 0.05) is 5.56 Å². The van der Waals surface area contributed by atoms with Gasteiger partial charge in [-0.05, 0) is 42.5 Å². The number of carbonyl (C=O) groups excluding carboxylic acids is 1. The van der Waals surface area contributed by atoms with E-state index < -0.39 is 0 Å². The standard InChI is InChI=1S/C21H26N2O2/c1-23(14-17-9-4-6-13-20(17)25-2)15-21(24)22-19-12-7-10-16-8-3-5-11-18(16)19/h3-6,8-9,11,13,19H,7,10,12,14-15H2,1-2H3,(H,22,24)/p+1/t19-/m1/s1. The van der Waals surface area contributed by atoms with E-state index in [4.69, 9.17) is 4.74 Å². The van der Waals surface area contributed by atoms with Crippen molar-refractivity contribution >= 4 is 5.91 Å². The molecule has 1 amide bonds. The van der Waals surface area contributed by atoms with Crippen LogP contribution in [0.2, 0.25) is 0 Å². The van der Waals surface area contributed by atoms with Gasteiger partial charge < -0.3 is 15.0 Å². The molecule has 0 aliphatic heterocycles. The summed E-state index contributed by atoms with van der Waals surface area (Å²) < 4.78 is 5.40. The molecule has 0 fully saturated rings. The number of aryl methyl sites for hydroxylation is 1. The first-order chi connectivity index (χ1) is 12.2. The fourth-order valence-electron chi connectivity index (χ4n) is 3.66. The number of hydrogen-bond acceptors (Lipinski definition) is 2. The van der Waals surface area contributed by atoms with Gasteiger partial charge in [-0.15, -0.1) is 0 Å². The molecule has 25 heavy (non-hydrogen) atoms. The van der Waals surface area contributed by atoms with E-state index in [0.717, 1.165) is 42.0 Å². The number of nitrogens with one attached hydrogen (secondary N) is 2. The van der Waals surface area contributed by atoms with Gasteiger partial charge in [-0.1, -0.05) is 36.4 Å². The first-order valence-electron chi connectivity index (χ1n) is 8.97. The summed E-state index contributed by atoms with van der Waals surface area (Å²) in [6.45, 7) is 1.22. The summed E-state index contributed by atoms with van der Waals surface area (Å²) in [7, 11) is 3.72. The fourth-order valence-corrected chi connectivity index (χ4v) is 3.66. The lowest BCUT2D eigenvalue weighted by Crippen LogP contribution is -3.08. The van der Waals surface area contributed by atoms with Crippen molar-refractivity contribution in [3.8, 4) is 5.75 Å². The normalized spacial score (nSPS) is 17.4. The Morgan fingerprint density at radius 1 is 1.20 bits per heavy atom. The van der Waals surface area contributed by atoms with Crippen molar-refractivity contribution < 1.29 is 14.4 Å². The maximum atomic E-state index is 12.5. The van der Waals surface area contributed by atoms with Crippen LogP contribution in [0.5, 0.6) is 5.75 Å². The summed E-state index contributed by atoms with van der Waals surface area (Å²) >= 11 is 0. The number of quaternary nitrogens is 1. The van der Waals surface area contributed by atoms with E-state index in [1.54, 1.807) is 7.11 Å². The molecular formula is C21H27N2O2+. The van der Waals surface area contributed by atoms with Gasteiger partial charge >= 0.3 is 0 Å². The number of ether oxygens (including phenoxy) is 1. The minimum Gasteiger partial charge on any atom is -0.496 e. The van der Waals surface area contributed by atoms with Crippen LogP contribution in [0, 0.1) is 0 Å². The summed E-state index contributed by atoms with van der Waals surface area (Å²) in [6, 6.07) is 16.6. The first-order valence-corrected chi connectivity index (χ1v) is 8.97. The number of benzene rings is 2. The summed E-state index contributed by atoms with van der Waals surface area (Å²) in [6.07, 6.45) is 3.27. The van der Waals surface area contributed by atoms with Crippen molar-refractivity contribution in [3.63, 3.8) is 0 Å². The minimum atomic E-state index is 0.106. The van der Waals surface area contributed by atoms with Crippen molar-refractivity contribution in [1.29, 1.82) is 0 Å². The molecule has 2 aromatic carbocycles. The maximum Gasteiger partial charge on any atom is 0.275 e. The molecule has 2 aromatic rings. The zero-order valence-electron chi connectivity index (χ0n) is 15.0. The molecule has 3 rings (SSSR count). The molecule has 1 aliphatic carbocycles. The molecule has 0 aromatic heterocycles. The highest BCUT2D eigenvalue weighted by Gasteiger charge is 2.22. The smallest absolute Gasteiger partial charge is 0.275 e. The highest BCUT2D eigenvalue weighted by Crippen LogP contribution is 2.29. The molecule has 4 heteroatoms. The Hall–Kier alpha value is -2.33. The minimum absolute atomic E-state index is 0.106. The van der Waals surface area contributed by atoms with E-state index >= 15 is 0 Å². The van der Waals surface area contributed by atoms with Gasteiger partial charge in [-0.25, -0.2) is 0 Å². The average Bonchev–Trinajstić information content (AvgIpc) is 2.62. The van der Waals surface area contributed by atoms with Crippen LogP contribution in [0.1, 0.15) is 35.6 Å². The van der Waals surface area contributed by atoms with Crippen LogP contribution in [-0.4, -0.2) is 26.6 Å². The third-order valence-electron chi connectivity index (χ3n) is 4.85. The zero-order valence-corrected chi connectivity index (χ0v) is 15.0. The number of likely N-dealkylation sites (N-methyl/N-ethyl adjacent to an activating group) is 1. The lowest BCUT2D eigenvalue weighted by Gasteiger charge is -2.26. The van der Waals surface area contributed by atoms with Crippen molar-refractivity contribution in [2.75, 3.05) is 20.7 Å². The van der Waals surface area contributed by atoms with Crippen LogP contribution in [0.25, 0.3) is 0 Å². The topological polar surface area (TPSA) is 42.8 Å². The van der Waals surface area contributed by atoms with E-state index in [-0.39, 0.29) is 11.9 Å². The summed E-state index contributed by atoms with van der Waals surface area (Å²) in [5, 5.41) is 3.23. The second kappa shape index (κ2) is 8.17. The molecular weight excluding hydrogens is 312 g/mol.